The molecule has 41 heavy (non-hydrogen) atoms. The van der Waals surface area contributed by atoms with Crippen LogP contribution in [0.1, 0.15) is 0 Å². The highest BCUT2D eigenvalue weighted by atomic mass is 32.1. The first kappa shape index (κ1) is 22.8. The number of hydrogen-bond donors (Lipinski definition) is 0. The standard InChI is InChI=1S/C40H24S/c1-2-6-25(7-3-1)26-10-12-27(13-11-26)31-19-14-28-17-23-36-32(20-15-29-16-22-35(31)39(28)40(29)36)30-18-21-34-33-8-4-5-9-37(33)41-38(34)24-30/h1-24H. The van der Waals surface area contributed by atoms with Crippen LogP contribution in [0.5, 0.6) is 0 Å². The summed E-state index contributed by atoms with van der Waals surface area (Å²) in [5.74, 6) is 0. The Kier molecular flexibility index (Phi) is 4.87. The monoisotopic (exact) mass is 536 g/mol. The fourth-order valence-electron chi connectivity index (χ4n) is 6.67. The molecule has 0 aliphatic heterocycles. The first-order valence-corrected chi connectivity index (χ1v) is 14.9. The Labute approximate surface area is 242 Å². The second kappa shape index (κ2) is 8.76. The Hall–Kier alpha value is -4.98. The van der Waals surface area contributed by atoms with Gasteiger partial charge in [-0.3, -0.25) is 0 Å². The third-order valence-corrected chi connectivity index (χ3v) is 9.79. The van der Waals surface area contributed by atoms with Crippen LogP contribution in [0.3, 0.4) is 0 Å². The number of rotatable bonds is 3. The molecule has 0 amide bonds. The van der Waals surface area contributed by atoms with E-state index in [-0.39, 0.29) is 0 Å². The fourth-order valence-corrected chi connectivity index (χ4v) is 7.82. The molecule has 0 aliphatic carbocycles. The first-order valence-electron chi connectivity index (χ1n) is 14.1. The fraction of sp³-hybridized carbons (Fsp3) is 0. The van der Waals surface area contributed by atoms with Crippen molar-refractivity contribution in [1.82, 2.24) is 0 Å². The summed E-state index contributed by atoms with van der Waals surface area (Å²) < 4.78 is 2.69. The van der Waals surface area contributed by atoms with Crippen LogP contribution in [-0.4, -0.2) is 0 Å². The molecule has 0 N–H and O–H groups in total. The molecule has 9 rings (SSSR count). The summed E-state index contributed by atoms with van der Waals surface area (Å²) in [4.78, 5) is 0. The molecule has 9 aromatic rings. The molecule has 1 heterocycles. The van der Waals surface area contributed by atoms with Crippen molar-refractivity contribution in [1.29, 1.82) is 0 Å². The SMILES string of the molecule is c1ccc(-c2ccc(-c3ccc4ccc5c(-c6ccc7c(c6)sc6ccccc67)ccc6ccc3c4c65)cc2)cc1. The molecule has 0 saturated carbocycles. The molecule has 0 radical (unpaired) electrons. The zero-order valence-electron chi connectivity index (χ0n) is 22.3. The molecule has 1 aromatic heterocycles. The van der Waals surface area contributed by atoms with Crippen molar-refractivity contribution in [3.8, 4) is 33.4 Å². The largest absolute Gasteiger partial charge is 0.135 e. The van der Waals surface area contributed by atoms with Gasteiger partial charge in [0.05, 0.1) is 0 Å². The molecular weight excluding hydrogens is 513 g/mol. The van der Waals surface area contributed by atoms with Crippen molar-refractivity contribution in [2.75, 3.05) is 0 Å². The molecule has 0 bridgehead atoms. The van der Waals surface area contributed by atoms with E-state index in [4.69, 9.17) is 0 Å². The van der Waals surface area contributed by atoms with Gasteiger partial charge >= 0.3 is 0 Å². The van der Waals surface area contributed by atoms with Crippen LogP contribution in [0.4, 0.5) is 0 Å². The third-order valence-electron chi connectivity index (χ3n) is 8.66. The molecule has 0 nitrogen and oxygen atoms in total. The maximum atomic E-state index is 2.38. The molecule has 0 spiro atoms. The Morgan fingerprint density at radius 2 is 0.829 bits per heavy atom. The summed E-state index contributed by atoms with van der Waals surface area (Å²) in [5.41, 5.74) is 7.59. The van der Waals surface area contributed by atoms with E-state index in [1.165, 1.54) is 85.9 Å². The second-order valence-electron chi connectivity index (χ2n) is 10.9. The topological polar surface area (TPSA) is 0 Å². The van der Waals surface area contributed by atoms with Crippen LogP contribution >= 0.6 is 11.3 Å². The van der Waals surface area contributed by atoms with Gasteiger partial charge in [0.25, 0.3) is 0 Å². The zero-order chi connectivity index (χ0) is 26.9. The Bertz CT molecular complexity index is 2390. The lowest BCUT2D eigenvalue weighted by atomic mass is 9.87. The molecule has 0 fully saturated rings. The average Bonchev–Trinajstić information content (AvgIpc) is 3.42. The van der Waals surface area contributed by atoms with Crippen LogP contribution in [0.15, 0.2) is 146 Å². The van der Waals surface area contributed by atoms with E-state index in [1.54, 1.807) is 0 Å². The van der Waals surface area contributed by atoms with Gasteiger partial charge in [-0.05, 0) is 77.8 Å². The van der Waals surface area contributed by atoms with Gasteiger partial charge in [0, 0.05) is 20.2 Å². The van der Waals surface area contributed by atoms with Crippen LogP contribution in [-0.2, 0) is 0 Å². The highest BCUT2D eigenvalue weighted by Gasteiger charge is 2.15. The molecule has 0 aliphatic rings. The van der Waals surface area contributed by atoms with Gasteiger partial charge in [0.15, 0.2) is 0 Å². The van der Waals surface area contributed by atoms with E-state index in [0.29, 0.717) is 0 Å². The number of thiophene rings is 1. The van der Waals surface area contributed by atoms with Crippen LogP contribution in [0, 0.1) is 0 Å². The van der Waals surface area contributed by atoms with E-state index >= 15 is 0 Å². The summed E-state index contributed by atoms with van der Waals surface area (Å²) in [7, 11) is 0. The van der Waals surface area contributed by atoms with Crippen molar-refractivity contribution in [3.63, 3.8) is 0 Å². The third kappa shape index (κ3) is 3.46. The Balaban J connectivity index is 1.23. The van der Waals surface area contributed by atoms with E-state index in [9.17, 15) is 0 Å². The summed E-state index contributed by atoms with van der Waals surface area (Å²) in [6.45, 7) is 0. The van der Waals surface area contributed by atoms with Crippen LogP contribution in [0.25, 0.3) is 85.9 Å². The van der Waals surface area contributed by atoms with Crippen molar-refractivity contribution in [3.05, 3.63) is 146 Å². The highest BCUT2D eigenvalue weighted by molar-refractivity contribution is 7.25. The lowest BCUT2D eigenvalue weighted by molar-refractivity contribution is 1.61. The van der Waals surface area contributed by atoms with Gasteiger partial charge in [-0.1, -0.05) is 133 Å². The second-order valence-corrected chi connectivity index (χ2v) is 12.0. The lowest BCUT2D eigenvalue weighted by Gasteiger charge is -2.17. The Morgan fingerprint density at radius 1 is 0.317 bits per heavy atom. The summed E-state index contributed by atoms with van der Waals surface area (Å²) in [6.07, 6.45) is 0. The minimum Gasteiger partial charge on any atom is -0.135 e. The summed E-state index contributed by atoms with van der Waals surface area (Å²) in [6, 6.07) is 53.7. The molecule has 0 atom stereocenters. The van der Waals surface area contributed by atoms with Crippen molar-refractivity contribution in [2.24, 2.45) is 0 Å². The molecule has 1 heteroatoms. The van der Waals surface area contributed by atoms with E-state index in [1.807, 2.05) is 11.3 Å². The van der Waals surface area contributed by atoms with Gasteiger partial charge in [-0.2, -0.15) is 0 Å². The van der Waals surface area contributed by atoms with Crippen LogP contribution in [0.2, 0.25) is 0 Å². The lowest BCUT2D eigenvalue weighted by Crippen LogP contribution is -1.89. The van der Waals surface area contributed by atoms with Gasteiger partial charge in [0.1, 0.15) is 0 Å². The highest BCUT2D eigenvalue weighted by Crippen LogP contribution is 2.43. The normalized spacial score (nSPS) is 11.9. The van der Waals surface area contributed by atoms with E-state index < -0.39 is 0 Å². The van der Waals surface area contributed by atoms with Crippen LogP contribution < -0.4 is 0 Å². The minimum absolute atomic E-state index is 1.24. The summed E-state index contributed by atoms with van der Waals surface area (Å²) >= 11 is 1.88. The summed E-state index contributed by atoms with van der Waals surface area (Å²) in [5, 5.41) is 10.6. The minimum atomic E-state index is 1.24. The molecule has 190 valence electrons. The molecular formula is C40H24S. The molecule has 0 saturated heterocycles. The first-order chi connectivity index (χ1) is 20.3. The zero-order valence-corrected chi connectivity index (χ0v) is 23.1. The van der Waals surface area contributed by atoms with Gasteiger partial charge in [-0.15, -0.1) is 11.3 Å². The predicted molar refractivity (Wildman–Crippen MR) is 179 cm³/mol. The van der Waals surface area contributed by atoms with Crippen molar-refractivity contribution < 1.29 is 0 Å². The molecule has 0 unspecified atom stereocenters. The van der Waals surface area contributed by atoms with Gasteiger partial charge < -0.3 is 0 Å². The average molecular weight is 537 g/mol. The predicted octanol–water partition coefficient (Wildman–Crippen LogP) is 12.0. The number of hydrogen-bond acceptors (Lipinski definition) is 1. The smallest absolute Gasteiger partial charge is 0.0361 e. The quantitative estimate of drug-likeness (QED) is 0.197. The van der Waals surface area contributed by atoms with Gasteiger partial charge in [0.2, 0.25) is 0 Å². The van der Waals surface area contributed by atoms with Crippen molar-refractivity contribution in [2.45, 2.75) is 0 Å². The number of fused-ring (bicyclic) bond motifs is 3. The maximum Gasteiger partial charge on any atom is 0.0361 e. The molecule has 8 aromatic carbocycles. The van der Waals surface area contributed by atoms with E-state index in [2.05, 4.69) is 146 Å². The van der Waals surface area contributed by atoms with E-state index in [0.717, 1.165) is 0 Å². The van der Waals surface area contributed by atoms with Gasteiger partial charge in [-0.25, -0.2) is 0 Å². The number of benzene rings is 8. The van der Waals surface area contributed by atoms with Crippen molar-refractivity contribution >= 4 is 63.8 Å². The maximum absolute atomic E-state index is 2.38. The Morgan fingerprint density at radius 3 is 1.56 bits per heavy atom.